The summed E-state index contributed by atoms with van der Waals surface area (Å²) in [4.78, 5) is 12.3. The van der Waals surface area contributed by atoms with E-state index in [1.807, 2.05) is 36.6 Å². The fraction of sp³-hybridized carbons (Fsp3) is 0.267. The highest BCUT2D eigenvalue weighted by Crippen LogP contribution is 2.32. The number of anilines is 1. The number of benzene rings is 1. The topological polar surface area (TPSA) is 49.3 Å². The Morgan fingerprint density at radius 2 is 2.16 bits per heavy atom. The molecule has 0 bridgehead atoms. The van der Waals surface area contributed by atoms with Crippen LogP contribution in [0, 0.1) is 6.92 Å². The second-order valence-corrected chi connectivity index (χ2v) is 5.78. The zero-order valence-electron chi connectivity index (χ0n) is 10.6. The molecule has 1 aromatic carbocycles. The summed E-state index contributed by atoms with van der Waals surface area (Å²) in [6.07, 6.45) is 0.679. The normalized spacial score (nSPS) is 15.8. The number of carbonyl (C=O) groups is 1. The molecular weight excluding hydrogens is 258 g/mol. The van der Waals surface area contributed by atoms with Crippen molar-refractivity contribution >= 4 is 22.9 Å². The van der Waals surface area contributed by atoms with Gasteiger partial charge in [0.15, 0.2) is 0 Å². The van der Waals surface area contributed by atoms with E-state index in [2.05, 4.69) is 5.32 Å². The van der Waals surface area contributed by atoms with E-state index in [0.717, 1.165) is 33.7 Å². The number of nitrogens with one attached hydrogen (secondary N) is 1. The van der Waals surface area contributed by atoms with Crippen molar-refractivity contribution in [2.75, 3.05) is 5.32 Å². The number of fused-ring (bicyclic) bond motifs is 1. The molecule has 3 nitrogen and oxygen atoms in total. The van der Waals surface area contributed by atoms with Gasteiger partial charge in [0, 0.05) is 17.0 Å². The highest BCUT2D eigenvalue weighted by atomic mass is 32.1. The Hall–Kier alpha value is -1.65. The van der Waals surface area contributed by atoms with E-state index in [1.54, 1.807) is 11.3 Å². The maximum absolute atomic E-state index is 11.3. The quantitative estimate of drug-likeness (QED) is 0.883. The molecule has 2 N–H and O–H groups in total. The molecule has 1 aromatic heterocycles. The summed E-state index contributed by atoms with van der Waals surface area (Å²) in [7, 11) is 0. The molecule has 0 spiro atoms. The van der Waals surface area contributed by atoms with Gasteiger partial charge in [-0.05, 0) is 47.5 Å². The molecule has 98 valence electrons. The van der Waals surface area contributed by atoms with Gasteiger partial charge in [-0.2, -0.15) is 0 Å². The molecule has 1 aliphatic rings. The monoisotopic (exact) mass is 273 g/mol. The van der Waals surface area contributed by atoms with Gasteiger partial charge in [0.25, 0.3) is 0 Å². The van der Waals surface area contributed by atoms with Gasteiger partial charge in [0.1, 0.15) is 6.10 Å². The Morgan fingerprint density at radius 3 is 2.89 bits per heavy atom. The molecule has 1 amide bonds. The van der Waals surface area contributed by atoms with Crippen LogP contribution in [0.4, 0.5) is 5.69 Å². The predicted octanol–water partition coefficient (Wildman–Crippen LogP) is 3.02. The molecular formula is C15H15NO2S. The molecule has 2 aromatic rings. The van der Waals surface area contributed by atoms with Gasteiger partial charge in [-0.25, -0.2) is 0 Å². The molecule has 0 saturated heterocycles. The van der Waals surface area contributed by atoms with Crippen molar-refractivity contribution in [3.63, 3.8) is 0 Å². The van der Waals surface area contributed by atoms with Crippen molar-refractivity contribution in [3.8, 4) is 0 Å². The van der Waals surface area contributed by atoms with Gasteiger partial charge in [-0.15, -0.1) is 11.3 Å². The number of hydrogen-bond donors (Lipinski definition) is 2. The molecule has 19 heavy (non-hydrogen) atoms. The van der Waals surface area contributed by atoms with Crippen molar-refractivity contribution in [2.45, 2.75) is 25.9 Å². The number of hydrogen-bond acceptors (Lipinski definition) is 3. The van der Waals surface area contributed by atoms with Crippen LogP contribution < -0.4 is 5.32 Å². The van der Waals surface area contributed by atoms with Crippen molar-refractivity contribution in [1.82, 2.24) is 0 Å². The van der Waals surface area contributed by atoms with Crippen LogP contribution in [-0.2, 0) is 11.2 Å². The molecule has 4 heteroatoms. The fourth-order valence-corrected chi connectivity index (χ4v) is 3.33. The van der Waals surface area contributed by atoms with E-state index < -0.39 is 6.10 Å². The van der Waals surface area contributed by atoms with Crippen LogP contribution in [-0.4, -0.2) is 11.0 Å². The van der Waals surface area contributed by atoms with Crippen molar-refractivity contribution in [1.29, 1.82) is 0 Å². The zero-order valence-corrected chi connectivity index (χ0v) is 11.5. The van der Waals surface area contributed by atoms with E-state index in [-0.39, 0.29) is 5.91 Å². The van der Waals surface area contributed by atoms with Gasteiger partial charge in [-0.3, -0.25) is 4.79 Å². The number of rotatable bonds is 2. The first-order valence-corrected chi connectivity index (χ1v) is 7.18. The number of thiophene rings is 1. The lowest BCUT2D eigenvalue weighted by atomic mass is 9.97. The number of carbonyl (C=O) groups excluding carboxylic acids is 1. The van der Waals surface area contributed by atoms with Crippen molar-refractivity contribution in [2.24, 2.45) is 0 Å². The van der Waals surface area contributed by atoms with Crippen LogP contribution in [0.2, 0.25) is 0 Å². The average Bonchev–Trinajstić information content (AvgIpc) is 2.83. The van der Waals surface area contributed by atoms with Gasteiger partial charge in [0.05, 0.1) is 0 Å². The SMILES string of the molecule is Cc1ccsc1C(O)c1ccc2c(c1)CCC(=O)N2. The maximum atomic E-state index is 11.3. The van der Waals surface area contributed by atoms with Crippen molar-refractivity contribution < 1.29 is 9.90 Å². The Kier molecular flexibility index (Phi) is 3.12. The van der Waals surface area contributed by atoms with Crippen LogP contribution in [0.25, 0.3) is 0 Å². The lowest BCUT2D eigenvalue weighted by molar-refractivity contribution is -0.116. The van der Waals surface area contributed by atoms with Gasteiger partial charge in [0.2, 0.25) is 5.91 Å². The van der Waals surface area contributed by atoms with E-state index in [1.165, 1.54) is 0 Å². The third kappa shape index (κ3) is 2.29. The Labute approximate surface area is 115 Å². The molecule has 2 heterocycles. The van der Waals surface area contributed by atoms with E-state index >= 15 is 0 Å². The second kappa shape index (κ2) is 4.79. The molecule has 0 radical (unpaired) electrons. The van der Waals surface area contributed by atoms with E-state index in [4.69, 9.17) is 0 Å². The molecule has 0 saturated carbocycles. The maximum Gasteiger partial charge on any atom is 0.224 e. The first-order valence-electron chi connectivity index (χ1n) is 6.30. The predicted molar refractivity (Wildman–Crippen MR) is 76.5 cm³/mol. The third-order valence-corrected chi connectivity index (χ3v) is 4.56. The largest absolute Gasteiger partial charge is 0.383 e. The highest BCUT2D eigenvalue weighted by molar-refractivity contribution is 7.10. The summed E-state index contributed by atoms with van der Waals surface area (Å²) in [5.74, 6) is 0.0647. The summed E-state index contributed by atoms with van der Waals surface area (Å²) >= 11 is 1.57. The first-order chi connectivity index (χ1) is 9.15. The summed E-state index contributed by atoms with van der Waals surface area (Å²) in [6, 6.07) is 7.78. The number of aliphatic hydroxyl groups is 1. The zero-order chi connectivity index (χ0) is 13.4. The van der Waals surface area contributed by atoms with Gasteiger partial charge in [-0.1, -0.05) is 12.1 Å². The van der Waals surface area contributed by atoms with Crippen LogP contribution >= 0.6 is 11.3 Å². The van der Waals surface area contributed by atoms with Crippen LogP contribution in [0.3, 0.4) is 0 Å². The first kappa shape index (κ1) is 12.4. The molecule has 0 fully saturated rings. The van der Waals surface area contributed by atoms with Crippen LogP contribution in [0.1, 0.15) is 34.1 Å². The number of aryl methyl sites for hydroxylation is 2. The number of aliphatic hydroxyl groups excluding tert-OH is 1. The average molecular weight is 273 g/mol. The minimum atomic E-state index is -0.581. The van der Waals surface area contributed by atoms with Crippen molar-refractivity contribution in [3.05, 3.63) is 51.2 Å². The van der Waals surface area contributed by atoms with Crippen LogP contribution in [0.15, 0.2) is 29.6 Å². The molecule has 1 aliphatic heterocycles. The summed E-state index contributed by atoms with van der Waals surface area (Å²) < 4.78 is 0. The standard InChI is InChI=1S/C15H15NO2S/c1-9-6-7-19-15(9)14(18)11-2-4-12-10(8-11)3-5-13(17)16-12/h2,4,6-8,14,18H,3,5H2,1H3,(H,16,17). The minimum Gasteiger partial charge on any atom is -0.383 e. The second-order valence-electron chi connectivity index (χ2n) is 4.84. The summed E-state index contributed by atoms with van der Waals surface area (Å²) in [5, 5.41) is 15.3. The van der Waals surface area contributed by atoms with E-state index in [9.17, 15) is 9.90 Å². The minimum absolute atomic E-state index is 0.0647. The summed E-state index contributed by atoms with van der Waals surface area (Å²) in [5.41, 5.74) is 3.98. The number of amides is 1. The van der Waals surface area contributed by atoms with Gasteiger partial charge < -0.3 is 10.4 Å². The molecule has 0 aliphatic carbocycles. The van der Waals surface area contributed by atoms with Crippen LogP contribution in [0.5, 0.6) is 0 Å². The Morgan fingerprint density at radius 1 is 1.32 bits per heavy atom. The highest BCUT2D eigenvalue weighted by Gasteiger charge is 2.19. The summed E-state index contributed by atoms with van der Waals surface area (Å²) in [6.45, 7) is 2.01. The van der Waals surface area contributed by atoms with Gasteiger partial charge >= 0.3 is 0 Å². The molecule has 1 atom stereocenters. The lowest BCUT2D eigenvalue weighted by Gasteiger charge is -2.19. The molecule has 3 rings (SSSR count). The van der Waals surface area contributed by atoms with E-state index in [0.29, 0.717) is 6.42 Å². The molecule has 1 unspecified atom stereocenters. The Balaban J connectivity index is 1.94. The lowest BCUT2D eigenvalue weighted by Crippen LogP contribution is -2.19. The third-order valence-electron chi connectivity index (χ3n) is 3.49. The smallest absolute Gasteiger partial charge is 0.224 e. The Bertz CT molecular complexity index is 633. The fourth-order valence-electron chi connectivity index (χ4n) is 2.39.